The lowest BCUT2D eigenvalue weighted by atomic mass is 10.1. The third kappa shape index (κ3) is 3.07. The summed E-state index contributed by atoms with van der Waals surface area (Å²) in [4.78, 5) is 25.5. The maximum absolute atomic E-state index is 13.8. The van der Waals surface area contributed by atoms with Gasteiger partial charge < -0.3 is 20.6 Å². The fourth-order valence-electron chi connectivity index (χ4n) is 2.59. The zero-order chi connectivity index (χ0) is 15.6. The molecule has 1 aromatic rings. The van der Waals surface area contributed by atoms with Crippen LogP contribution in [0.3, 0.4) is 0 Å². The highest BCUT2D eigenvalue weighted by Crippen LogP contribution is 2.23. The largest absolute Gasteiger partial charge is 0.465 e. The molecule has 0 spiro atoms. The number of halogens is 1. The minimum Gasteiger partial charge on any atom is -0.465 e. The van der Waals surface area contributed by atoms with Gasteiger partial charge >= 0.3 is 6.09 Å². The molecule has 0 radical (unpaired) electrons. The van der Waals surface area contributed by atoms with Crippen molar-refractivity contribution in [3.8, 4) is 0 Å². The number of nitrogens with zero attached hydrogens (tertiary/aromatic N) is 2. The molecule has 6 nitrogen and oxygen atoms in total. The number of piperazine rings is 1. The first-order chi connectivity index (χ1) is 9.93. The maximum atomic E-state index is 13.8. The number of carbonyl (C=O) groups excluding carboxylic acids is 1. The van der Waals surface area contributed by atoms with Gasteiger partial charge in [0.1, 0.15) is 5.82 Å². The number of anilines is 1. The van der Waals surface area contributed by atoms with Gasteiger partial charge in [-0.25, -0.2) is 9.18 Å². The van der Waals surface area contributed by atoms with Crippen molar-refractivity contribution in [3.05, 3.63) is 29.6 Å². The van der Waals surface area contributed by atoms with E-state index in [1.54, 1.807) is 6.07 Å². The first-order valence-corrected chi connectivity index (χ1v) is 6.78. The summed E-state index contributed by atoms with van der Waals surface area (Å²) in [5.41, 5.74) is 5.56. The Hall–Kier alpha value is -2.31. The number of primary amides is 1. The van der Waals surface area contributed by atoms with Gasteiger partial charge in [0.25, 0.3) is 5.91 Å². The highest BCUT2D eigenvalue weighted by Gasteiger charge is 2.29. The second-order valence-corrected chi connectivity index (χ2v) is 5.01. The van der Waals surface area contributed by atoms with Crippen LogP contribution in [-0.4, -0.2) is 47.7 Å². The topological polar surface area (TPSA) is 86.9 Å². The summed E-state index contributed by atoms with van der Waals surface area (Å²) in [7, 11) is 0. The predicted octanol–water partition coefficient (Wildman–Crippen LogP) is 1.50. The number of carbonyl (C=O) groups is 2. The summed E-state index contributed by atoms with van der Waals surface area (Å²) in [5.74, 6) is -1.46. The molecule has 0 aliphatic carbocycles. The number of hydrogen-bond donors (Lipinski definition) is 2. The zero-order valence-corrected chi connectivity index (χ0v) is 11.8. The Bertz CT molecular complexity index is 564. The molecule has 3 N–H and O–H groups in total. The number of amides is 2. The highest BCUT2D eigenvalue weighted by molar-refractivity contribution is 5.93. The van der Waals surface area contributed by atoms with Crippen molar-refractivity contribution in [1.29, 1.82) is 0 Å². The molecule has 1 saturated heterocycles. The van der Waals surface area contributed by atoms with Crippen LogP contribution in [0.1, 0.15) is 23.7 Å². The van der Waals surface area contributed by atoms with Gasteiger partial charge in [0, 0.05) is 25.3 Å². The molecule has 0 aromatic heterocycles. The van der Waals surface area contributed by atoms with E-state index in [4.69, 9.17) is 10.8 Å². The molecule has 2 rings (SSSR count). The van der Waals surface area contributed by atoms with E-state index >= 15 is 0 Å². The van der Waals surface area contributed by atoms with E-state index in [-0.39, 0.29) is 11.6 Å². The first-order valence-electron chi connectivity index (χ1n) is 6.78. The summed E-state index contributed by atoms with van der Waals surface area (Å²) in [6, 6.07) is 4.13. The van der Waals surface area contributed by atoms with Crippen LogP contribution in [0.2, 0.25) is 0 Å². The van der Waals surface area contributed by atoms with Gasteiger partial charge in [0.2, 0.25) is 0 Å². The lowest BCUT2D eigenvalue weighted by Crippen LogP contribution is -2.54. The van der Waals surface area contributed by atoms with E-state index in [0.29, 0.717) is 31.7 Å². The maximum Gasteiger partial charge on any atom is 0.407 e. The molecule has 1 heterocycles. The summed E-state index contributed by atoms with van der Waals surface area (Å²) >= 11 is 0. The Balaban J connectivity index is 2.18. The average Bonchev–Trinajstić information content (AvgIpc) is 2.45. The second-order valence-electron chi connectivity index (χ2n) is 5.01. The van der Waals surface area contributed by atoms with E-state index in [1.807, 2.05) is 11.8 Å². The van der Waals surface area contributed by atoms with Crippen LogP contribution < -0.4 is 10.6 Å². The number of nitrogens with two attached hydrogens (primary N) is 1. The van der Waals surface area contributed by atoms with Crippen molar-refractivity contribution < 1.29 is 19.1 Å². The summed E-state index contributed by atoms with van der Waals surface area (Å²) in [6.07, 6.45) is -0.248. The van der Waals surface area contributed by atoms with Gasteiger partial charge in [-0.15, -0.1) is 0 Å². The third-order valence-corrected chi connectivity index (χ3v) is 3.78. The van der Waals surface area contributed by atoms with Crippen molar-refractivity contribution in [1.82, 2.24) is 4.90 Å². The van der Waals surface area contributed by atoms with Crippen LogP contribution in [0.5, 0.6) is 0 Å². The monoisotopic (exact) mass is 295 g/mol. The SMILES string of the molecule is CC[C@H]1CN(c2ccc(C(N)=O)c(F)c2)CCN1C(=O)O. The van der Waals surface area contributed by atoms with E-state index in [9.17, 15) is 14.0 Å². The Labute approximate surface area is 121 Å². The number of benzene rings is 1. The predicted molar refractivity (Wildman–Crippen MR) is 75.9 cm³/mol. The van der Waals surface area contributed by atoms with Gasteiger partial charge in [-0.1, -0.05) is 6.92 Å². The molecule has 0 bridgehead atoms. The van der Waals surface area contributed by atoms with Crippen LogP contribution in [-0.2, 0) is 0 Å². The zero-order valence-electron chi connectivity index (χ0n) is 11.8. The van der Waals surface area contributed by atoms with Crippen LogP contribution >= 0.6 is 0 Å². The number of hydrogen-bond acceptors (Lipinski definition) is 3. The minimum atomic E-state index is -0.934. The molecular weight excluding hydrogens is 277 g/mol. The fraction of sp³-hybridized carbons (Fsp3) is 0.429. The van der Waals surface area contributed by atoms with Gasteiger partial charge in [0.05, 0.1) is 11.6 Å². The second kappa shape index (κ2) is 5.99. The fourth-order valence-corrected chi connectivity index (χ4v) is 2.59. The quantitative estimate of drug-likeness (QED) is 0.884. The Morgan fingerprint density at radius 1 is 1.43 bits per heavy atom. The average molecular weight is 295 g/mol. The smallest absolute Gasteiger partial charge is 0.407 e. The van der Waals surface area contributed by atoms with Crippen LogP contribution in [0.25, 0.3) is 0 Å². The molecule has 2 amide bonds. The molecule has 1 aliphatic heterocycles. The first kappa shape index (κ1) is 15.1. The third-order valence-electron chi connectivity index (χ3n) is 3.78. The van der Waals surface area contributed by atoms with Crippen LogP contribution in [0.4, 0.5) is 14.9 Å². The van der Waals surface area contributed by atoms with E-state index in [0.717, 1.165) is 0 Å². The van der Waals surface area contributed by atoms with Crippen molar-refractivity contribution >= 4 is 17.7 Å². The Morgan fingerprint density at radius 3 is 2.67 bits per heavy atom. The van der Waals surface area contributed by atoms with Crippen LogP contribution in [0.15, 0.2) is 18.2 Å². The molecule has 0 saturated carbocycles. The molecule has 1 aromatic carbocycles. The Kier molecular flexibility index (Phi) is 4.30. The Morgan fingerprint density at radius 2 is 2.14 bits per heavy atom. The van der Waals surface area contributed by atoms with Crippen molar-refractivity contribution in [2.45, 2.75) is 19.4 Å². The van der Waals surface area contributed by atoms with Crippen molar-refractivity contribution in [2.75, 3.05) is 24.5 Å². The lowest BCUT2D eigenvalue weighted by molar-refractivity contribution is 0.0995. The standard InChI is InChI=1S/C14H18FN3O3/c1-2-9-8-17(5-6-18(9)14(20)21)10-3-4-11(13(16)19)12(15)7-10/h3-4,7,9H,2,5-6,8H2,1H3,(H2,16,19)(H,20,21)/t9-/m0/s1. The molecule has 1 aliphatic rings. The normalized spacial score (nSPS) is 18.7. The van der Waals surface area contributed by atoms with E-state index < -0.39 is 17.8 Å². The summed E-state index contributed by atoms with van der Waals surface area (Å²) < 4.78 is 13.8. The van der Waals surface area contributed by atoms with Gasteiger partial charge in [0.15, 0.2) is 0 Å². The molecule has 0 unspecified atom stereocenters. The van der Waals surface area contributed by atoms with E-state index in [1.165, 1.54) is 17.0 Å². The molecule has 1 fully saturated rings. The van der Waals surface area contributed by atoms with Crippen LogP contribution in [0, 0.1) is 5.82 Å². The van der Waals surface area contributed by atoms with Crippen molar-refractivity contribution in [3.63, 3.8) is 0 Å². The molecular formula is C14H18FN3O3. The molecule has 114 valence electrons. The highest BCUT2D eigenvalue weighted by atomic mass is 19.1. The number of carboxylic acid groups (broad SMARTS) is 1. The molecule has 21 heavy (non-hydrogen) atoms. The van der Waals surface area contributed by atoms with Gasteiger partial charge in [-0.3, -0.25) is 4.79 Å². The summed E-state index contributed by atoms with van der Waals surface area (Å²) in [6.45, 7) is 3.27. The molecule has 1 atom stereocenters. The molecule has 7 heteroatoms. The number of rotatable bonds is 3. The lowest BCUT2D eigenvalue weighted by Gasteiger charge is -2.40. The van der Waals surface area contributed by atoms with E-state index in [2.05, 4.69) is 0 Å². The van der Waals surface area contributed by atoms with Gasteiger partial charge in [-0.2, -0.15) is 0 Å². The minimum absolute atomic E-state index is 0.130. The summed E-state index contributed by atoms with van der Waals surface area (Å²) in [5, 5.41) is 9.13. The van der Waals surface area contributed by atoms with Crippen molar-refractivity contribution in [2.24, 2.45) is 5.73 Å². The van der Waals surface area contributed by atoms with Gasteiger partial charge in [-0.05, 0) is 24.6 Å².